The van der Waals surface area contributed by atoms with Gasteiger partial charge in [-0.25, -0.2) is 4.79 Å². The van der Waals surface area contributed by atoms with Crippen molar-refractivity contribution in [3.8, 4) is 5.75 Å². The number of hydrogen-bond acceptors (Lipinski definition) is 3. The van der Waals surface area contributed by atoms with Crippen molar-refractivity contribution in [2.24, 2.45) is 5.92 Å². The fraction of sp³-hybridized carbons (Fsp3) is 0.364. The highest BCUT2D eigenvalue weighted by molar-refractivity contribution is 5.78. The van der Waals surface area contributed by atoms with E-state index in [-0.39, 0.29) is 18.0 Å². The third kappa shape index (κ3) is 1.02. The molecule has 0 amide bonds. The van der Waals surface area contributed by atoms with E-state index in [4.69, 9.17) is 9.47 Å². The van der Waals surface area contributed by atoms with Gasteiger partial charge < -0.3 is 9.47 Å². The number of fused-ring (bicyclic) bond motifs is 2. The van der Waals surface area contributed by atoms with Crippen LogP contribution < -0.4 is 4.74 Å². The molecule has 1 saturated heterocycles. The van der Waals surface area contributed by atoms with E-state index >= 15 is 0 Å². The molecule has 2 aliphatic rings. The summed E-state index contributed by atoms with van der Waals surface area (Å²) >= 11 is 0. The minimum absolute atomic E-state index is 0.206. The molecule has 1 aromatic carbocycles. The first-order valence-corrected chi connectivity index (χ1v) is 4.76. The Morgan fingerprint density at radius 2 is 2.14 bits per heavy atom. The van der Waals surface area contributed by atoms with Crippen LogP contribution in [0.2, 0.25) is 0 Å². The fourth-order valence-electron chi connectivity index (χ4n) is 2.07. The molecule has 0 bridgehead atoms. The number of carbonyl (C=O) groups is 1. The Morgan fingerprint density at radius 3 is 3.07 bits per heavy atom. The fourth-order valence-corrected chi connectivity index (χ4v) is 2.07. The summed E-state index contributed by atoms with van der Waals surface area (Å²) in [5, 5.41) is 0. The molecule has 0 radical (unpaired) electrons. The molecule has 14 heavy (non-hydrogen) atoms. The van der Waals surface area contributed by atoms with Gasteiger partial charge in [0.25, 0.3) is 0 Å². The zero-order chi connectivity index (χ0) is 9.54. The lowest BCUT2D eigenvalue weighted by atomic mass is 9.93. The maximum Gasteiger partial charge on any atom is 0.347 e. The SMILES string of the molecule is O=C1OC[C@H]2Cc3ccccc3O[C@@H]12. The standard InChI is InChI=1S/C11H10O3/c12-11-10-8(6-13-11)5-7-3-1-2-4-9(7)14-10/h1-4,8,10H,5-6H2/t8-,10-/m1/s1. The third-order valence-electron chi connectivity index (χ3n) is 2.81. The summed E-state index contributed by atoms with van der Waals surface area (Å²) in [6, 6.07) is 7.84. The molecule has 3 nitrogen and oxygen atoms in total. The predicted octanol–water partition coefficient (Wildman–Crippen LogP) is 1.16. The van der Waals surface area contributed by atoms with Gasteiger partial charge >= 0.3 is 5.97 Å². The monoisotopic (exact) mass is 190 g/mol. The Balaban J connectivity index is 1.99. The van der Waals surface area contributed by atoms with Gasteiger partial charge in [0, 0.05) is 5.92 Å². The Morgan fingerprint density at radius 1 is 1.29 bits per heavy atom. The Kier molecular flexibility index (Phi) is 1.54. The molecule has 0 unspecified atom stereocenters. The van der Waals surface area contributed by atoms with Crippen LogP contribution in [0, 0.1) is 5.92 Å². The van der Waals surface area contributed by atoms with Crippen molar-refractivity contribution < 1.29 is 14.3 Å². The Bertz CT molecular complexity index is 386. The number of cyclic esters (lactones) is 1. The summed E-state index contributed by atoms with van der Waals surface area (Å²) in [5.41, 5.74) is 1.17. The minimum Gasteiger partial charge on any atom is -0.478 e. The lowest BCUT2D eigenvalue weighted by Crippen LogP contribution is -2.34. The molecule has 3 rings (SSSR count). The molecule has 3 heteroatoms. The Labute approximate surface area is 81.6 Å². The average molecular weight is 190 g/mol. The van der Waals surface area contributed by atoms with Crippen molar-refractivity contribution in [3.05, 3.63) is 29.8 Å². The van der Waals surface area contributed by atoms with Crippen LogP contribution in [-0.2, 0) is 16.0 Å². The molecular weight excluding hydrogens is 180 g/mol. The molecule has 1 aromatic rings. The maximum absolute atomic E-state index is 11.3. The van der Waals surface area contributed by atoms with Crippen LogP contribution >= 0.6 is 0 Å². The highest BCUT2D eigenvalue weighted by Gasteiger charge is 2.42. The van der Waals surface area contributed by atoms with Crippen LogP contribution in [0.15, 0.2) is 24.3 Å². The third-order valence-corrected chi connectivity index (χ3v) is 2.81. The van der Waals surface area contributed by atoms with Crippen molar-refractivity contribution in [1.82, 2.24) is 0 Å². The van der Waals surface area contributed by atoms with Crippen LogP contribution in [0.4, 0.5) is 0 Å². The first-order valence-electron chi connectivity index (χ1n) is 4.76. The van der Waals surface area contributed by atoms with Gasteiger partial charge in [-0.15, -0.1) is 0 Å². The van der Waals surface area contributed by atoms with E-state index in [0.29, 0.717) is 6.61 Å². The van der Waals surface area contributed by atoms with Crippen LogP contribution in [-0.4, -0.2) is 18.7 Å². The van der Waals surface area contributed by atoms with Crippen LogP contribution in [0.5, 0.6) is 5.75 Å². The molecule has 0 saturated carbocycles. The lowest BCUT2D eigenvalue weighted by molar-refractivity contribution is -0.143. The van der Waals surface area contributed by atoms with Crippen molar-refractivity contribution in [1.29, 1.82) is 0 Å². The zero-order valence-electron chi connectivity index (χ0n) is 7.60. The first-order chi connectivity index (χ1) is 6.84. The number of carbonyl (C=O) groups excluding carboxylic acids is 1. The summed E-state index contributed by atoms with van der Waals surface area (Å²) in [6.45, 7) is 0.498. The van der Waals surface area contributed by atoms with Gasteiger partial charge in [-0.1, -0.05) is 18.2 Å². The van der Waals surface area contributed by atoms with Crippen LogP contribution in [0.1, 0.15) is 5.56 Å². The number of ether oxygens (including phenoxy) is 2. The van der Waals surface area contributed by atoms with Crippen molar-refractivity contribution in [2.75, 3.05) is 6.61 Å². The molecule has 2 heterocycles. The molecule has 0 N–H and O–H groups in total. The van der Waals surface area contributed by atoms with E-state index in [1.54, 1.807) is 0 Å². The van der Waals surface area contributed by atoms with E-state index < -0.39 is 0 Å². The van der Waals surface area contributed by atoms with Gasteiger partial charge in [0.05, 0.1) is 6.61 Å². The molecule has 0 spiro atoms. The largest absolute Gasteiger partial charge is 0.478 e. The molecule has 2 atom stereocenters. The normalized spacial score (nSPS) is 28.7. The summed E-state index contributed by atoms with van der Waals surface area (Å²) < 4.78 is 10.6. The molecule has 0 aliphatic carbocycles. The number of hydrogen-bond donors (Lipinski definition) is 0. The second kappa shape index (κ2) is 2.74. The second-order valence-electron chi connectivity index (χ2n) is 3.74. The molecule has 72 valence electrons. The number of esters is 1. The quantitative estimate of drug-likeness (QED) is 0.576. The van der Waals surface area contributed by atoms with Gasteiger partial charge in [0.1, 0.15) is 5.75 Å². The van der Waals surface area contributed by atoms with Gasteiger partial charge in [-0.05, 0) is 18.1 Å². The van der Waals surface area contributed by atoms with E-state index in [1.807, 2.05) is 24.3 Å². The topological polar surface area (TPSA) is 35.5 Å². The number of rotatable bonds is 0. The second-order valence-corrected chi connectivity index (χ2v) is 3.74. The van der Waals surface area contributed by atoms with Crippen molar-refractivity contribution in [3.63, 3.8) is 0 Å². The summed E-state index contributed by atoms with van der Waals surface area (Å²) in [7, 11) is 0. The summed E-state index contributed by atoms with van der Waals surface area (Å²) in [4.78, 5) is 11.3. The van der Waals surface area contributed by atoms with Gasteiger partial charge in [-0.2, -0.15) is 0 Å². The first kappa shape index (κ1) is 7.85. The maximum atomic E-state index is 11.3. The van der Waals surface area contributed by atoms with Crippen molar-refractivity contribution in [2.45, 2.75) is 12.5 Å². The smallest absolute Gasteiger partial charge is 0.347 e. The van der Waals surface area contributed by atoms with Gasteiger partial charge in [0.15, 0.2) is 0 Å². The van der Waals surface area contributed by atoms with Crippen LogP contribution in [0.3, 0.4) is 0 Å². The predicted molar refractivity (Wildman–Crippen MR) is 49.0 cm³/mol. The number of para-hydroxylation sites is 1. The Hall–Kier alpha value is -1.51. The van der Waals surface area contributed by atoms with E-state index in [2.05, 4.69) is 0 Å². The molecular formula is C11H10O3. The minimum atomic E-state index is -0.370. The molecule has 1 fully saturated rings. The van der Waals surface area contributed by atoms with Crippen LogP contribution in [0.25, 0.3) is 0 Å². The van der Waals surface area contributed by atoms with E-state index in [1.165, 1.54) is 5.56 Å². The number of benzene rings is 1. The van der Waals surface area contributed by atoms with E-state index in [9.17, 15) is 4.79 Å². The average Bonchev–Trinajstić information content (AvgIpc) is 2.57. The van der Waals surface area contributed by atoms with Crippen molar-refractivity contribution >= 4 is 5.97 Å². The highest BCUT2D eigenvalue weighted by atomic mass is 16.6. The lowest BCUT2D eigenvalue weighted by Gasteiger charge is -2.24. The highest BCUT2D eigenvalue weighted by Crippen LogP contribution is 2.33. The van der Waals surface area contributed by atoms with E-state index in [0.717, 1.165) is 12.2 Å². The van der Waals surface area contributed by atoms with Gasteiger partial charge in [0.2, 0.25) is 6.10 Å². The zero-order valence-corrected chi connectivity index (χ0v) is 7.60. The summed E-state index contributed by atoms with van der Waals surface area (Å²) in [5.74, 6) is 0.814. The molecule has 0 aromatic heterocycles. The summed E-state index contributed by atoms with van der Waals surface area (Å²) in [6.07, 6.45) is 0.511. The molecule has 2 aliphatic heterocycles. The van der Waals surface area contributed by atoms with Gasteiger partial charge in [-0.3, -0.25) is 0 Å².